The minimum atomic E-state index is -1.81. The maximum absolute atomic E-state index is 11.2. The van der Waals surface area contributed by atoms with Gasteiger partial charge in [-0.1, -0.05) is 44.1 Å². The van der Waals surface area contributed by atoms with Gasteiger partial charge in [0, 0.05) is 33.9 Å². The highest BCUT2D eigenvalue weighted by Crippen LogP contribution is 2.37. The van der Waals surface area contributed by atoms with E-state index >= 15 is 0 Å². The number of carbonyl (C=O) groups is 1. The number of carbonyl (C=O) groups excluding carboxylic acids is 1. The Morgan fingerprint density at radius 1 is 0.889 bits per heavy atom. The number of ether oxygens (including phenoxy) is 4. The van der Waals surface area contributed by atoms with E-state index in [0.717, 1.165) is 38.5 Å². The third kappa shape index (κ3) is 16.8. The van der Waals surface area contributed by atoms with Crippen LogP contribution in [0, 0.1) is 5.92 Å². The lowest BCUT2D eigenvalue weighted by Crippen LogP contribution is -2.41. The molecule has 0 rings (SSSR count). The van der Waals surface area contributed by atoms with Gasteiger partial charge in [0.2, 0.25) is 0 Å². The van der Waals surface area contributed by atoms with Gasteiger partial charge in [0.05, 0.1) is 6.10 Å². The molecule has 212 valence electrons. The smallest absolute Gasteiger partial charge is 0.191 e. The van der Waals surface area contributed by atoms with Crippen LogP contribution in [-0.4, -0.2) is 61.2 Å². The third-order valence-electron chi connectivity index (χ3n) is 7.02. The highest BCUT2D eigenvalue weighted by molar-refractivity contribution is 6.74. The fraction of sp³-hybridized carbons (Fsp3) is 0.828. The van der Waals surface area contributed by atoms with Gasteiger partial charge in [-0.25, -0.2) is 0 Å². The average molecular weight is 529 g/mol. The Labute approximate surface area is 223 Å². The molecule has 0 saturated carbocycles. The second-order valence-corrected chi connectivity index (χ2v) is 16.3. The maximum Gasteiger partial charge on any atom is 0.191 e. The molecule has 0 N–H and O–H groups in total. The Kier molecular flexibility index (Phi) is 18.8. The van der Waals surface area contributed by atoms with Crippen molar-refractivity contribution >= 4 is 14.1 Å². The topological polar surface area (TPSA) is 63.2 Å². The molecular weight excluding hydrogens is 472 g/mol. The van der Waals surface area contributed by atoms with Crippen LogP contribution in [0.25, 0.3) is 0 Å². The number of rotatable bonds is 21. The first kappa shape index (κ1) is 35.2. The van der Waals surface area contributed by atoms with E-state index < -0.39 is 8.32 Å². The van der Waals surface area contributed by atoms with E-state index in [2.05, 4.69) is 59.9 Å². The van der Waals surface area contributed by atoms with Crippen LogP contribution in [0.3, 0.4) is 0 Å². The van der Waals surface area contributed by atoms with Crippen molar-refractivity contribution in [2.45, 2.75) is 111 Å². The molecule has 0 unspecified atom stereocenters. The number of Topliss-reactive ketones (excluding diaryl/α,β-unsaturated/α-hetero) is 1. The van der Waals surface area contributed by atoms with Crippen molar-refractivity contribution < 1.29 is 28.2 Å². The Bertz CT molecular complexity index is 651. The first-order valence-corrected chi connectivity index (χ1v) is 16.4. The number of allylic oxidation sites excluding steroid dienone is 3. The molecule has 2 atom stereocenters. The maximum atomic E-state index is 11.2. The van der Waals surface area contributed by atoms with Crippen LogP contribution in [0.2, 0.25) is 18.1 Å². The lowest BCUT2D eigenvalue weighted by molar-refractivity contribution is -0.117. The largest absolute Gasteiger partial charge is 0.417 e. The van der Waals surface area contributed by atoms with Crippen molar-refractivity contribution in [3.63, 3.8) is 0 Å². The Morgan fingerprint density at radius 3 is 2.11 bits per heavy atom. The zero-order valence-corrected chi connectivity index (χ0v) is 26.0. The molecule has 0 aromatic heterocycles. The van der Waals surface area contributed by atoms with Crippen LogP contribution in [0.15, 0.2) is 23.3 Å². The van der Waals surface area contributed by atoms with E-state index in [1.807, 2.05) is 0 Å². The van der Waals surface area contributed by atoms with Gasteiger partial charge in [-0.15, -0.1) is 0 Å². The minimum absolute atomic E-state index is 0.0697. The lowest BCUT2D eigenvalue weighted by Gasteiger charge is -2.37. The van der Waals surface area contributed by atoms with Crippen molar-refractivity contribution in [1.82, 2.24) is 0 Å². The first-order chi connectivity index (χ1) is 16.8. The van der Waals surface area contributed by atoms with Gasteiger partial charge in [-0.2, -0.15) is 0 Å². The summed E-state index contributed by atoms with van der Waals surface area (Å²) in [4.78, 5) is 11.2. The summed E-state index contributed by atoms with van der Waals surface area (Å²) in [6.07, 6.45) is 10.8. The molecule has 0 heterocycles. The molecule has 0 bridgehead atoms. The van der Waals surface area contributed by atoms with Crippen LogP contribution in [0.5, 0.6) is 0 Å². The molecule has 0 fully saturated rings. The summed E-state index contributed by atoms with van der Waals surface area (Å²) in [5, 5.41) is 0.185. The second-order valence-electron chi connectivity index (χ2n) is 11.5. The van der Waals surface area contributed by atoms with Crippen LogP contribution >= 0.6 is 0 Å². The van der Waals surface area contributed by atoms with Crippen molar-refractivity contribution in [3.8, 4) is 0 Å². The molecule has 0 amide bonds. The molecular formula is C29H56O6Si. The Balaban J connectivity index is 5.25. The van der Waals surface area contributed by atoms with Crippen LogP contribution in [0.1, 0.15) is 86.5 Å². The predicted octanol–water partition coefficient (Wildman–Crippen LogP) is 7.45. The number of hydrogen-bond acceptors (Lipinski definition) is 6. The summed E-state index contributed by atoms with van der Waals surface area (Å²) in [5.41, 5.74) is 2.66. The van der Waals surface area contributed by atoms with Crippen LogP contribution in [-0.2, 0) is 28.2 Å². The van der Waals surface area contributed by atoms with Gasteiger partial charge in [-0.3, -0.25) is 0 Å². The number of hydrogen-bond donors (Lipinski definition) is 0. The summed E-state index contributed by atoms with van der Waals surface area (Å²) >= 11 is 0. The summed E-state index contributed by atoms with van der Waals surface area (Å²) in [5.74, 6) is 0.515. The fourth-order valence-electron chi connectivity index (χ4n) is 3.63. The average Bonchev–Trinajstić information content (AvgIpc) is 2.77. The molecule has 6 nitrogen and oxygen atoms in total. The molecule has 7 heteroatoms. The summed E-state index contributed by atoms with van der Waals surface area (Å²) < 4.78 is 28.6. The zero-order chi connectivity index (χ0) is 27.6. The first-order valence-electron chi connectivity index (χ1n) is 13.5. The molecule has 0 aliphatic rings. The second kappa shape index (κ2) is 19.3. The van der Waals surface area contributed by atoms with Gasteiger partial charge in [0.15, 0.2) is 8.32 Å². The standard InChI is InChI=1S/C29H56O6Si/c1-24(14-12-16-26(3)30)13-11-15-25(2)21-28(34-23-32-8)27(17-19-33-22-31-7)18-20-35-36(9,10)29(4,5)6/h13,21,27-28H,11-12,14-20,22-23H2,1-10H3/b24-13+,25-21+/t27-,28-/m1/s1. The number of methoxy groups -OCH3 is 2. The molecule has 0 radical (unpaired) electrons. The van der Waals surface area contributed by atoms with Crippen LogP contribution in [0.4, 0.5) is 0 Å². The molecule has 0 spiro atoms. The summed E-state index contributed by atoms with van der Waals surface area (Å²) in [6, 6.07) is 0. The molecule has 36 heavy (non-hydrogen) atoms. The van der Waals surface area contributed by atoms with Gasteiger partial charge < -0.3 is 28.2 Å². The van der Waals surface area contributed by atoms with E-state index in [9.17, 15) is 4.79 Å². The molecule has 0 aromatic rings. The van der Waals surface area contributed by atoms with E-state index in [4.69, 9.17) is 23.4 Å². The van der Waals surface area contributed by atoms with Crippen molar-refractivity contribution in [2.75, 3.05) is 41.0 Å². The van der Waals surface area contributed by atoms with Crippen molar-refractivity contribution in [3.05, 3.63) is 23.3 Å². The zero-order valence-electron chi connectivity index (χ0n) is 25.0. The Hall–Kier alpha value is -0.833. The van der Waals surface area contributed by atoms with Gasteiger partial charge in [0.1, 0.15) is 19.4 Å². The van der Waals surface area contributed by atoms with Crippen molar-refractivity contribution in [2.24, 2.45) is 5.92 Å². The molecule has 0 saturated heterocycles. The SMILES string of the molecule is COCOCC[C@H](CCO[Si](C)(C)C(C)(C)C)[C@@H](/C=C(\C)CC/C=C(\C)CCCC(C)=O)OCOC. The lowest BCUT2D eigenvalue weighted by atomic mass is 9.93. The van der Waals surface area contributed by atoms with Gasteiger partial charge in [0.25, 0.3) is 0 Å². The van der Waals surface area contributed by atoms with Crippen LogP contribution < -0.4 is 0 Å². The van der Waals surface area contributed by atoms with Crippen molar-refractivity contribution in [1.29, 1.82) is 0 Å². The monoisotopic (exact) mass is 528 g/mol. The predicted molar refractivity (Wildman–Crippen MR) is 152 cm³/mol. The van der Waals surface area contributed by atoms with E-state index in [1.165, 1.54) is 11.1 Å². The Morgan fingerprint density at radius 2 is 1.53 bits per heavy atom. The highest BCUT2D eigenvalue weighted by atomic mass is 28.4. The third-order valence-corrected chi connectivity index (χ3v) is 11.6. The summed E-state index contributed by atoms with van der Waals surface area (Å²) in [6.45, 7) is 19.3. The number of ketones is 1. The molecule has 0 aliphatic heterocycles. The normalized spacial score (nSPS) is 15.3. The minimum Gasteiger partial charge on any atom is -0.417 e. The van der Waals surface area contributed by atoms with E-state index in [0.29, 0.717) is 26.4 Å². The fourth-order valence-corrected chi connectivity index (χ4v) is 4.69. The van der Waals surface area contributed by atoms with Gasteiger partial charge >= 0.3 is 0 Å². The highest BCUT2D eigenvalue weighted by Gasteiger charge is 2.37. The van der Waals surface area contributed by atoms with E-state index in [1.54, 1.807) is 21.1 Å². The quantitative estimate of drug-likeness (QED) is 0.0667. The molecule has 0 aliphatic carbocycles. The summed E-state index contributed by atoms with van der Waals surface area (Å²) in [7, 11) is 1.49. The van der Waals surface area contributed by atoms with E-state index in [-0.39, 0.29) is 29.6 Å². The van der Waals surface area contributed by atoms with Gasteiger partial charge in [-0.05, 0) is 83.3 Å². The molecule has 0 aromatic carbocycles.